The molecule has 0 aliphatic carbocycles. The number of sulfonamides is 1. The zero-order chi connectivity index (χ0) is 20.1. The van der Waals surface area contributed by atoms with Crippen LogP contribution in [-0.4, -0.2) is 33.6 Å². The van der Waals surface area contributed by atoms with Gasteiger partial charge in [0.05, 0.1) is 24.2 Å². The zero-order valence-electron chi connectivity index (χ0n) is 16.0. The second kappa shape index (κ2) is 8.54. The van der Waals surface area contributed by atoms with Gasteiger partial charge in [0, 0.05) is 12.0 Å². The first kappa shape index (κ1) is 20.9. The van der Waals surface area contributed by atoms with Gasteiger partial charge in [-0.15, -0.1) is 0 Å². The number of rotatable bonds is 7. The molecule has 146 valence electrons. The number of benzene rings is 2. The van der Waals surface area contributed by atoms with Crippen LogP contribution in [0.4, 0.5) is 0 Å². The minimum absolute atomic E-state index is 0.104. The number of ether oxygens (including phenoxy) is 2. The number of carbonyl (C=O) groups is 1. The Morgan fingerprint density at radius 2 is 1.59 bits per heavy atom. The molecule has 0 heterocycles. The van der Waals surface area contributed by atoms with Crippen LogP contribution in [0.2, 0.25) is 0 Å². The van der Waals surface area contributed by atoms with Crippen molar-refractivity contribution in [2.45, 2.75) is 37.6 Å². The third kappa shape index (κ3) is 6.37. The largest absolute Gasteiger partial charge is 0.497 e. The molecular formula is C20H25NO5S. The van der Waals surface area contributed by atoms with E-state index in [-0.39, 0.29) is 11.5 Å². The van der Waals surface area contributed by atoms with Gasteiger partial charge in [0.1, 0.15) is 5.75 Å². The van der Waals surface area contributed by atoms with Crippen molar-refractivity contribution < 1.29 is 22.7 Å². The molecule has 0 amide bonds. The summed E-state index contributed by atoms with van der Waals surface area (Å²) in [5.74, 6) is 0.281. The molecule has 0 aliphatic rings. The fraction of sp³-hybridized carbons (Fsp3) is 0.350. The van der Waals surface area contributed by atoms with Crippen molar-refractivity contribution in [3.8, 4) is 5.75 Å². The molecular weight excluding hydrogens is 366 g/mol. The lowest BCUT2D eigenvalue weighted by Gasteiger charge is -2.20. The van der Waals surface area contributed by atoms with Crippen LogP contribution >= 0.6 is 0 Å². The standard InChI is InChI=1S/C20H25NO5S/c1-20(2,3)21-27(23,24)18-11-7-16(8-12-18)19(22)26-14-13-15-5-9-17(25-4)10-6-15/h5-12,21H,13-14H2,1-4H3. The molecule has 0 saturated heterocycles. The summed E-state index contributed by atoms with van der Waals surface area (Å²) in [6, 6.07) is 13.2. The van der Waals surface area contributed by atoms with Gasteiger partial charge in [0.15, 0.2) is 0 Å². The Morgan fingerprint density at radius 3 is 2.11 bits per heavy atom. The maximum atomic E-state index is 12.3. The van der Waals surface area contributed by atoms with E-state index in [0.29, 0.717) is 12.0 Å². The highest BCUT2D eigenvalue weighted by molar-refractivity contribution is 7.89. The van der Waals surface area contributed by atoms with Crippen molar-refractivity contribution in [3.63, 3.8) is 0 Å². The fourth-order valence-electron chi connectivity index (χ4n) is 2.37. The van der Waals surface area contributed by atoms with E-state index in [1.807, 2.05) is 24.3 Å². The van der Waals surface area contributed by atoms with E-state index in [2.05, 4.69) is 4.72 Å². The Morgan fingerprint density at radius 1 is 1.00 bits per heavy atom. The first-order valence-corrected chi connectivity index (χ1v) is 10.0. The van der Waals surface area contributed by atoms with Crippen LogP contribution in [0.15, 0.2) is 53.4 Å². The molecule has 0 atom stereocenters. The van der Waals surface area contributed by atoms with Gasteiger partial charge in [-0.2, -0.15) is 0 Å². The SMILES string of the molecule is COc1ccc(CCOC(=O)c2ccc(S(=O)(=O)NC(C)(C)C)cc2)cc1. The van der Waals surface area contributed by atoms with Crippen LogP contribution < -0.4 is 9.46 Å². The molecule has 27 heavy (non-hydrogen) atoms. The van der Waals surface area contributed by atoms with Gasteiger partial charge in [-0.3, -0.25) is 0 Å². The predicted molar refractivity (Wildman–Crippen MR) is 103 cm³/mol. The first-order valence-electron chi connectivity index (χ1n) is 8.55. The number of hydrogen-bond donors (Lipinski definition) is 1. The van der Waals surface area contributed by atoms with Gasteiger partial charge in [0.25, 0.3) is 0 Å². The van der Waals surface area contributed by atoms with E-state index < -0.39 is 21.5 Å². The molecule has 2 aromatic rings. The van der Waals surface area contributed by atoms with E-state index >= 15 is 0 Å². The zero-order valence-corrected chi connectivity index (χ0v) is 16.8. The average molecular weight is 391 g/mol. The highest BCUT2D eigenvalue weighted by Crippen LogP contribution is 2.15. The van der Waals surface area contributed by atoms with Gasteiger partial charge >= 0.3 is 5.97 Å². The van der Waals surface area contributed by atoms with E-state index in [9.17, 15) is 13.2 Å². The molecule has 2 rings (SSSR count). The minimum Gasteiger partial charge on any atom is -0.497 e. The Hall–Kier alpha value is -2.38. The summed E-state index contributed by atoms with van der Waals surface area (Å²) in [5, 5.41) is 0. The number of nitrogens with one attached hydrogen (secondary N) is 1. The van der Waals surface area contributed by atoms with Crippen molar-refractivity contribution in [3.05, 3.63) is 59.7 Å². The molecule has 0 unspecified atom stereocenters. The summed E-state index contributed by atoms with van der Waals surface area (Å²) in [6.07, 6.45) is 0.581. The van der Waals surface area contributed by atoms with E-state index in [1.165, 1.54) is 24.3 Å². The third-order valence-electron chi connectivity index (χ3n) is 3.62. The molecule has 0 aliphatic heterocycles. The minimum atomic E-state index is -3.63. The lowest BCUT2D eigenvalue weighted by Crippen LogP contribution is -2.40. The molecule has 0 fully saturated rings. The molecule has 2 aromatic carbocycles. The van der Waals surface area contributed by atoms with Gasteiger partial charge in [-0.1, -0.05) is 12.1 Å². The van der Waals surface area contributed by atoms with E-state index in [1.54, 1.807) is 27.9 Å². The van der Waals surface area contributed by atoms with Crippen LogP contribution in [0.25, 0.3) is 0 Å². The summed E-state index contributed by atoms with van der Waals surface area (Å²) in [4.78, 5) is 12.2. The Labute approximate surface area is 160 Å². The second-order valence-electron chi connectivity index (χ2n) is 7.11. The molecule has 6 nitrogen and oxygen atoms in total. The number of hydrogen-bond acceptors (Lipinski definition) is 5. The van der Waals surface area contributed by atoms with Gasteiger partial charge in [0.2, 0.25) is 10.0 Å². The first-order chi connectivity index (χ1) is 12.6. The van der Waals surface area contributed by atoms with Crippen molar-refractivity contribution in [2.75, 3.05) is 13.7 Å². The Kier molecular flexibility index (Phi) is 6.62. The lowest BCUT2D eigenvalue weighted by atomic mass is 10.1. The molecule has 0 saturated carbocycles. The van der Waals surface area contributed by atoms with E-state index in [0.717, 1.165) is 11.3 Å². The van der Waals surface area contributed by atoms with Gasteiger partial charge < -0.3 is 9.47 Å². The van der Waals surface area contributed by atoms with Crippen LogP contribution in [0.1, 0.15) is 36.7 Å². The summed E-state index contributed by atoms with van der Waals surface area (Å²) in [7, 11) is -2.03. The van der Waals surface area contributed by atoms with Crippen LogP contribution in [0, 0.1) is 0 Å². The maximum Gasteiger partial charge on any atom is 0.338 e. The van der Waals surface area contributed by atoms with Crippen LogP contribution in [-0.2, 0) is 21.2 Å². The molecule has 0 aromatic heterocycles. The van der Waals surface area contributed by atoms with Gasteiger partial charge in [-0.05, 0) is 62.7 Å². The maximum absolute atomic E-state index is 12.3. The van der Waals surface area contributed by atoms with Crippen molar-refractivity contribution in [1.29, 1.82) is 0 Å². The molecule has 0 bridgehead atoms. The molecule has 7 heteroatoms. The third-order valence-corrected chi connectivity index (χ3v) is 5.40. The number of carbonyl (C=O) groups excluding carboxylic acids is 1. The number of methoxy groups -OCH3 is 1. The topological polar surface area (TPSA) is 81.7 Å². The lowest BCUT2D eigenvalue weighted by molar-refractivity contribution is 0.0509. The monoisotopic (exact) mass is 391 g/mol. The highest BCUT2D eigenvalue weighted by atomic mass is 32.2. The fourth-order valence-corrected chi connectivity index (χ4v) is 3.79. The quantitative estimate of drug-likeness (QED) is 0.733. The van der Waals surface area contributed by atoms with Crippen molar-refractivity contribution >= 4 is 16.0 Å². The van der Waals surface area contributed by atoms with Gasteiger partial charge in [-0.25, -0.2) is 17.9 Å². The molecule has 0 spiro atoms. The van der Waals surface area contributed by atoms with E-state index in [4.69, 9.17) is 9.47 Å². The normalized spacial score (nSPS) is 11.9. The summed E-state index contributed by atoms with van der Waals surface area (Å²) in [5.41, 5.74) is 0.746. The molecule has 1 N–H and O–H groups in total. The van der Waals surface area contributed by atoms with Crippen LogP contribution in [0.3, 0.4) is 0 Å². The summed E-state index contributed by atoms with van der Waals surface area (Å²) >= 11 is 0. The summed E-state index contributed by atoms with van der Waals surface area (Å²) < 4.78 is 37.5. The smallest absolute Gasteiger partial charge is 0.338 e. The Bertz CT molecular complexity index is 866. The average Bonchev–Trinajstić information content (AvgIpc) is 2.60. The summed E-state index contributed by atoms with van der Waals surface area (Å²) in [6.45, 7) is 5.52. The number of esters is 1. The highest BCUT2D eigenvalue weighted by Gasteiger charge is 2.22. The van der Waals surface area contributed by atoms with Crippen molar-refractivity contribution in [1.82, 2.24) is 4.72 Å². The Balaban J connectivity index is 1.93. The second-order valence-corrected chi connectivity index (χ2v) is 8.80. The predicted octanol–water partition coefficient (Wildman–Crippen LogP) is 3.17. The van der Waals surface area contributed by atoms with Crippen molar-refractivity contribution in [2.24, 2.45) is 0 Å². The van der Waals surface area contributed by atoms with Crippen LogP contribution in [0.5, 0.6) is 5.75 Å². The molecule has 0 radical (unpaired) electrons.